The quantitative estimate of drug-likeness (QED) is 0.590. The highest BCUT2D eigenvalue weighted by atomic mass is 19.1. The van der Waals surface area contributed by atoms with Crippen LogP contribution < -0.4 is 10.6 Å². The van der Waals surface area contributed by atoms with Crippen LogP contribution in [0.3, 0.4) is 0 Å². The van der Waals surface area contributed by atoms with Crippen LogP contribution in [0.2, 0.25) is 0 Å². The second-order valence-corrected chi connectivity index (χ2v) is 6.33. The average molecular weight is 395 g/mol. The number of aromatic nitrogens is 1. The third-order valence-corrected chi connectivity index (χ3v) is 4.27. The van der Waals surface area contributed by atoms with Crippen LogP contribution in [0.5, 0.6) is 0 Å². The highest BCUT2D eigenvalue weighted by molar-refractivity contribution is 6.00. The lowest BCUT2D eigenvalue weighted by Gasteiger charge is -2.13. The van der Waals surface area contributed by atoms with Crippen LogP contribution in [-0.2, 0) is 17.8 Å². The SMILES string of the molecule is CCOC(=O)c1ccccc1NC(=O)NCc1cccn1Cc1cccc(F)c1. The molecule has 0 atom stereocenters. The summed E-state index contributed by atoms with van der Waals surface area (Å²) in [7, 11) is 0. The summed E-state index contributed by atoms with van der Waals surface area (Å²) in [6, 6.07) is 16.4. The molecule has 2 aromatic carbocycles. The van der Waals surface area contributed by atoms with Crippen LogP contribution >= 0.6 is 0 Å². The van der Waals surface area contributed by atoms with Gasteiger partial charge in [0.15, 0.2) is 0 Å². The van der Waals surface area contributed by atoms with E-state index in [1.54, 1.807) is 37.3 Å². The van der Waals surface area contributed by atoms with Gasteiger partial charge < -0.3 is 19.9 Å². The van der Waals surface area contributed by atoms with E-state index in [2.05, 4.69) is 10.6 Å². The van der Waals surface area contributed by atoms with Gasteiger partial charge in [-0.15, -0.1) is 0 Å². The molecule has 0 bridgehead atoms. The lowest BCUT2D eigenvalue weighted by molar-refractivity contribution is 0.0527. The number of nitrogens with zero attached hydrogens (tertiary/aromatic N) is 1. The van der Waals surface area contributed by atoms with Gasteiger partial charge >= 0.3 is 12.0 Å². The predicted octanol–water partition coefficient (Wildman–Crippen LogP) is 4.17. The molecule has 1 aromatic heterocycles. The molecule has 0 aliphatic carbocycles. The highest BCUT2D eigenvalue weighted by Crippen LogP contribution is 2.16. The summed E-state index contributed by atoms with van der Waals surface area (Å²) in [5.74, 6) is -0.777. The molecule has 150 valence electrons. The van der Waals surface area contributed by atoms with Gasteiger partial charge in [-0.05, 0) is 48.9 Å². The molecular formula is C22H22FN3O3. The Balaban J connectivity index is 1.61. The summed E-state index contributed by atoms with van der Waals surface area (Å²) in [6.45, 7) is 2.74. The van der Waals surface area contributed by atoms with Gasteiger partial charge in [-0.2, -0.15) is 0 Å². The van der Waals surface area contributed by atoms with Gasteiger partial charge in [-0.3, -0.25) is 0 Å². The molecule has 0 spiro atoms. The number of nitrogens with one attached hydrogen (secondary N) is 2. The summed E-state index contributed by atoms with van der Waals surface area (Å²) >= 11 is 0. The topological polar surface area (TPSA) is 72.4 Å². The number of carbonyl (C=O) groups excluding carboxylic acids is 2. The maximum Gasteiger partial charge on any atom is 0.340 e. The number of esters is 1. The maximum absolute atomic E-state index is 13.4. The van der Waals surface area contributed by atoms with Crippen molar-refractivity contribution in [2.24, 2.45) is 0 Å². The fourth-order valence-electron chi connectivity index (χ4n) is 2.91. The lowest BCUT2D eigenvalue weighted by atomic mass is 10.2. The fourth-order valence-corrected chi connectivity index (χ4v) is 2.91. The van der Waals surface area contributed by atoms with Gasteiger partial charge in [0.2, 0.25) is 0 Å². The van der Waals surface area contributed by atoms with Crippen molar-refractivity contribution in [3.8, 4) is 0 Å². The molecule has 0 saturated carbocycles. The number of ether oxygens (including phenoxy) is 1. The first-order valence-electron chi connectivity index (χ1n) is 9.26. The van der Waals surface area contributed by atoms with Crippen molar-refractivity contribution in [2.45, 2.75) is 20.0 Å². The van der Waals surface area contributed by atoms with Crippen LogP contribution in [0.15, 0.2) is 66.9 Å². The number of hydrogen-bond acceptors (Lipinski definition) is 3. The van der Waals surface area contributed by atoms with Gasteiger partial charge in [0.25, 0.3) is 0 Å². The van der Waals surface area contributed by atoms with E-state index in [-0.39, 0.29) is 19.0 Å². The summed E-state index contributed by atoms with van der Waals surface area (Å²) < 4.78 is 20.3. The second-order valence-electron chi connectivity index (χ2n) is 6.33. The number of rotatable bonds is 7. The predicted molar refractivity (Wildman–Crippen MR) is 108 cm³/mol. The number of amides is 2. The zero-order valence-electron chi connectivity index (χ0n) is 16.0. The minimum absolute atomic E-state index is 0.252. The average Bonchev–Trinajstić information content (AvgIpc) is 3.14. The van der Waals surface area contributed by atoms with Crippen molar-refractivity contribution >= 4 is 17.7 Å². The number of benzene rings is 2. The smallest absolute Gasteiger partial charge is 0.340 e. The Morgan fingerprint density at radius 3 is 2.69 bits per heavy atom. The molecule has 7 heteroatoms. The van der Waals surface area contributed by atoms with Crippen LogP contribution in [0.1, 0.15) is 28.5 Å². The van der Waals surface area contributed by atoms with E-state index in [1.807, 2.05) is 29.0 Å². The summed E-state index contributed by atoms with van der Waals surface area (Å²) in [5, 5.41) is 5.45. The van der Waals surface area contributed by atoms with Crippen molar-refractivity contribution in [1.82, 2.24) is 9.88 Å². The summed E-state index contributed by atoms with van der Waals surface area (Å²) in [6.07, 6.45) is 1.87. The van der Waals surface area contributed by atoms with Crippen molar-refractivity contribution in [3.63, 3.8) is 0 Å². The van der Waals surface area contributed by atoms with E-state index in [0.29, 0.717) is 17.8 Å². The van der Waals surface area contributed by atoms with Crippen LogP contribution in [0.4, 0.5) is 14.9 Å². The molecule has 6 nitrogen and oxygen atoms in total. The van der Waals surface area contributed by atoms with Crippen molar-refractivity contribution in [1.29, 1.82) is 0 Å². The summed E-state index contributed by atoms with van der Waals surface area (Å²) in [5.41, 5.74) is 2.36. The zero-order valence-corrected chi connectivity index (χ0v) is 16.0. The van der Waals surface area contributed by atoms with E-state index < -0.39 is 12.0 Å². The molecular weight excluding hydrogens is 373 g/mol. The second kappa shape index (κ2) is 9.54. The molecule has 1 heterocycles. The number of para-hydroxylation sites is 1. The van der Waals surface area contributed by atoms with E-state index in [4.69, 9.17) is 4.74 Å². The number of carbonyl (C=O) groups is 2. The minimum Gasteiger partial charge on any atom is -0.462 e. The number of halogens is 1. The molecule has 2 amide bonds. The first-order valence-corrected chi connectivity index (χ1v) is 9.26. The first kappa shape index (κ1) is 20.1. The Hall–Kier alpha value is -3.61. The first-order chi connectivity index (χ1) is 14.1. The van der Waals surface area contributed by atoms with E-state index in [9.17, 15) is 14.0 Å². The Morgan fingerprint density at radius 1 is 1.07 bits per heavy atom. The van der Waals surface area contributed by atoms with Gasteiger partial charge in [-0.25, -0.2) is 14.0 Å². The third-order valence-electron chi connectivity index (χ3n) is 4.27. The normalized spacial score (nSPS) is 10.4. The molecule has 2 N–H and O–H groups in total. The fraction of sp³-hybridized carbons (Fsp3) is 0.182. The minimum atomic E-state index is -0.493. The lowest BCUT2D eigenvalue weighted by Crippen LogP contribution is -2.29. The monoisotopic (exact) mass is 395 g/mol. The molecule has 0 aliphatic heterocycles. The van der Waals surface area contributed by atoms with E-state index in [1.165, 1.54) is 12.1 Å². The van der Waals surface area contributed by atoms with Gasteiger partial charge in [0.05, 0.1) is 24.4 Å². The summed E-state index contributed by atoms with van der Waals surface area (Å²) in [4.78, 5) is 24.3. The Morgan fingerprint density at radius 2 is 1.90 bits per heavy atom. The molecule has 0 radical (unpaired) electrons. The maximum atomic E-state index is 13.4. The van der Waals surface area contributed by atoms with Crippen molar-refractivity contribution < 1.29 is 18.7 Å². The van der Waals surface area contributed by atoms with Crippen LogP contribution in [0.25, 0.3) is 0 Å². The number of urea groups is 1. The Kier molecular flexibility index (Phi) is 6.63. The number of anilines is 1. The molecule has 0 saturated heterocycles. The highest BCUT2D eigenvalue weighted by Gasteiger charge is 2.14. The van der Waals surface area contributed by atoms with Crippen LogP contribution in [0, 0.1) is 5.82 Å². The van der Waals surface area contributed by atoms with Gasteiger partial charge in [0.1, 0.15) is 5.82 Å². The molecule has 3 aromatic rings. The molecule has 3 rings (SSSR count). The molecule has 0 aliphatic rings. The van der Waals surface area contributed by atoms with Crippen molar-refractivity contribution in [3.05, 3.63) is 89.5 Å². The largest absolute Gasteiger partial charge is 0.462 e. The molecule has 0 unspecified atom stereocenters. The number of hydrogen-bond donors (Lipinski definition) is 2. The van der Waals surface area contributed by atoms with Crippen LogP contribution in [-0.4, -0.2) is 23.2 Å². The Labute approximate surface area is 168 Å². The molecule has 0 fully saturated rings. The Bertz CT molecular complexity index is 1000. The third kappa shape index (κ3) is 5.44. The van der Waals surface area contributed by atoms with E-state index >= 15 is 0 Å². The zero-order chi connectivity index (χ0) is 20.6. The molecule has 29 heavy (non-hydrogen) atoms. The standard InChI is InChI=1S/C22H22FN3O3/c1-2-29-21(27)19-10-3-4-11-20(19)25-22(28)24-14-18-9-6-12-26(18)15-16-7-5-8-17(23)13-16/h3-13H,2,14-15H2,1H3,(H2,24,25,28). The van der Waals surface area contributed by atoms with Gasteiger partial charge in [-0.1, -0.05) is 24.3 Å². The van der Waals surface area contributed by atoms with E-state index in [0.717, 1.165) is 11.3 Å². The van der Waals surface area contributed by atoms with Crippen molar-refractivity contribution in [2.75, 3.05) is 11.9 Å². The van der Waals surface area contributed by atoms with Gasteiger partial charge in [0, 0.05) is 18.4 Å².